The van der Waals surface area contributed by atoms with E-state index in [-0.39, 0.29) is 0 Å². The molecule has 1 N–H and O–H groups in total. The molecule has 3 unspecified atom stereocenters. The van der Waals surface area contributed by atoms with Crippen LogP contribution in [0.5, 0.6) is 0 Å². The molecular weight excluding hydrogens is 230 g/mol. The Labute approximate surface area is 119 Å². The van der Waals surface area contributed by atoms with Crippen LogP contribution < -0.4 is 5.32 Å². The molecule has 2 saturated carbocycles. The van der Waals surface area contributed by atoms with E-state index in [1.807, 2.05) is 0 Å². The van der Waals surface area contributed by atoms with Crippen molar-refractivity contribution in [2.75, 3.05) is 6.54 Å². The van der Waals surface area contributed by atoms with Crippen molar-refractivity contribution in [1.29, 1.82) is 0 Å². The van der Waals surface area contributed by atoms with Crippen LogP contribution in [-0.4, -0.2) is 12.6 Å². The largest absolute Gasteiger partial charge is 0.313 e. The minimum atomic E-state index is 0.508. The van der Waals surface area contributed by atoms with Crippen molar-refractivity contribution in [2.24, 2.45) is 16.7 Å². The van der Waals surface area contributed by atoms with E-state index in [0.29, 0.717) is 10.8 Å². The zero-order valence-corrected chi connectivity index (χ0v) is 13.1. The predicted octanol–water partition coefficient (Wildman–Crippen LogP) is 4.68. The summed E-state index contributed by atoms with van der Waals surface area (Å²) in [7, 11) is 0. The van der Waals surface area contributed by atoms with Crippen molar-refractivity contribution in [3.05, 3.63) is 11.6 Å². The fraction of sp³-hybridized carbons (Fsp3) is 0.889. The second kappa shape index (κ2) is 4.91. The highest BCUT2D eigenvalue weighted by atomic mass is 15.0. The van der Waals surface area contributed by atoms with Gasteiger partial charge < -0.3 is 5.32 Å². The number of fused-ring (bicyclic) bond motifs is 2. The molecule has 3 rings (SSSR count). The first-order chi connectivity index (χ1) is 9.02. The molecule has 3 aliphatic rings. The molecule has 1 nitrogen and oxygen atoms in total. The zero-order valence-electron chi connectivity index (χ0n) is 13.1. The van der Waals surface area contributed by atoms with Gasteiger partial charge in [-0.15, -0.1) is 0 Å². The first kappa shape index (κ1) is 13.7. The molecule has 0 heterocycles. The van der Waals surface area contributed by atoms with Crippen LogP contribution in [0.4, 0.5) is 0 Å². The van der Waals surface area contributed by atoms with Crippen molar-refractivity contribution >= 4 is 0 Å². The molecule has 0 radical (unpaired) electrons. The number of allylic oxidation sites excluding steroid dienone is 1. The highest BCUT2D eigenvalue weighted by Gasteiger charge is 2.58. The van der Waals surface area contributed by atoms with E-state index in [1.165, 1.54) is 57.9 Å². The van der Waals surface area contributed by atoms with Crippen LogP contribution in [0.3, 0.4) is 0 Å². The fourth-order valence-corrected chi connectivity index (χ4v) is 5.32. The van der Waals surface area contributed by atoms with Gasteiger partial charge >= 0.3 is 0 Å². The summed E-state index contributed by atoms with van der Waals surface area (Å²) in [6, 6.07) is 0.739. The Kier molecular flexibility index (Phi) is 3.53. The summed E-state index contributed by atoms with van der Waals surface area (Å²) in [6.45, 7) is 8.72. The lowest BCUT2D eigenvalue weighted by molar-refractivity contribution is 0.110. The average molecular weight is 261 g/mol. The SMILES string of the molecule is CC12CCC(C1)C(C)(C)C2NCCC1=CCCCC1. The predicted molar refractivity (Wildman–Crippen MR) is 82.2 cm³/mol. The molecule has 0 aromatic carbocycles. The molecule has 0 aliphatic heterocycles. The lowest BCUT2D eigenvalue weighted by Crippen LogP contribution is -2.50. The van der Waals surface area contributed by atoms with E-state index < -0.39 is 0 Å². The number of nitrogens with one attached hydrogen (secondary N) is 1. The van der Waals surface area contributed by atoms with Gasteiger partial charge in [0.1, 0.15) is 0 Å². The standard InChI is InChI=1S/C18H31N/c1-17(2)15-9-11-18(3,13-15)16(17)19-12-10-14-7-5-4-6-8-14/h7,15-16,19H,4-6,8-13H2,1-3H3. The van der Waals surface area contributed by atoms with Gasteiger partial charge in [-0.05, 0) is 74.7 Å². The van der Waals surface area contributed by atoms with Gasteiger partial charge in [0.15, 0.2) is 0 Å². The smallest absolute Gasteiger partial charge is 0.0175 e. The average Bonchev–Trinajstić information content (AvgIpc) is 2.86. The van der Waals surface area contributed by atoms with Crippen LogP contribution in [0.15, 0.2) is 11.6 Å². The maximum absolute atomic E-state index is 3.95. The van der Waals surface area contributed by atoms with Crippen LogP contribution in [-0.2, 0) is 0 Å². The Morgan fingerprint density at radius 3 is 2.74 bits per heavy atom. The topological polar surface area (TPSA) is 12.0 Å². The second-order valence-electron chi connectivity index (χ2n) is 8.16. The van der Waals surface area contributed by atoms with Crippen LogP contribution in [0.25, 0.3) is 0 Å². The Hall–Kier alpha value is -0.300. The number of hydrogen-bond donors (Lipinski definition) is 1. The molecule has 0 saturated heterocycles. The summed E-state index contributed by atoms with van der Waals surface area (Å²) in [4.78, 5) is 0. The summed E-state index contributed by atoms with van der Waals surface area (Å²) in [5.41, 5.74) is 2.80. The lowest BCUT2D eigenvalue weighted by Gasteiger charge is -2.43. The monoisotopic (exact) mass is 261 g/mol. The first-order valence-electron chi connectivity index (χ1n) is 8.44. The summed E-state index contributed by atoms with van der Waals surface area (Å²) in [5, 5.41) is 3.95. The van der Waals surface area contributed by atoms with Gasteiger partial charge in [-0.1, -0.05) is 32.4 Å². The Balaban J connectivity index is 1.56. The van der Waals surface area contributed by atoms with Gasteiger partial charge in [-0.3, -0.25) is 0 Å². The maximum Gasteiger partial charge on any atom is 0.0175 e. The lowest BCUT2D eigenvalue weighted by atomic mass is 9.68. The van der Waals surface area contributed by atoms with Crippen LogP contribution >= 0.6 is 0 Å². The first-order valence-corrected chi connectivity index (χ1v) is 8.44. The molecule has 0 amide bonds. The van der Waals surface area contributed by atoms with E-state index in [9.17, 15) is 0 Å². The third-order valence-corrected chi connectivity index (χ3v) is 6.45. The minimum Gasteiger partial charge on any atom is -0.313 e. The summed E-state index contributed by atoms with van der Waals surface area (Å²) in [6.07, 6.45) is 13.7. The summed E-state index contributed by atoms with van der Waals surface area (Å²) < 4.78 is 0. The molecule has 0 spiro atoms. The van der Waals surface area contributed by atoms with E-state index in [1.54, 1.807) is 5.57 Å². The van der Waals surface area contributed by atoms with Gasteiger partial charge in [0.2, 0.25) is 0 Å². The highest BCUT2D eigenvalue weighted by molar-refractivity contribution is 5.12. The van der Waals surface area contributed by atoms with Crippen molar-refractivity contribution in [3.63, 3.8) is 0 Å². The molecule has 108 valence electrons. The van der Waals surface area contributed by atoms with Gasteiger partial charge in [0.25, 0.3) is 0 Å². The maximum atomic E-state index is 3.95. The van der Waals surface area contributed by atoms with Crippen molar-refractivity contribution in [3.8, 4) is 0 Å². The Bertz CT molecular complexity index is 363. The fourth-order valence-electron chi connectivity index (χ4n) is 5.32. The van der Waals surface area contributed by atoms with Gasteiger partial charge in [-0.2, -0.15) is 0 Å². The van der Waals surface area contributed by atoms with E-state index in [4.69, 9.17) is 0 Å². The van der Waals surface area contributed by atoms with Crippen LogP contribution in [0, 0.1) is 16.7 Å². The normalized spacial score (nSPS) is 40.5. The van der Waals surface area contributed by atoms with Crippen LogP contribution in [0.1, 0.15) is 72.1 Å². The number of rotatable bonds is 4. The highest BCUT2D eigenvalue weighted by Crippen LogP contribution is 2.62. The van der Waals surface area contributed by atoms with Crippen molar-refractivity contribution in [1.82, 2.24) is 5.32 Å². The molecule has 2 bridgehead atoms. The molecule has 0 aromatic rings. The van der Waals surface area contributed by atoms with E-state index in [2.05, 4.69) is 32.2 Å². The molecule has 2 fully saturated rings. The van der Waals surface area contributed by atoms with Crippen LogP contribution in [0.2, 0.25) is 0 Å². The Morgan fingerprint density at radius 2 is 2.11 bits per heavy atom. The minimum absolute atomic E-state index is 0.508. The van der Waals surface area contributed by atoms with Crippen molar-refractivity contribution < 1.29 is 0 Å². The molecular formula is C18H31N. The third kappa shape index (κ3) is 2.39. The molecule has 3 atom stereocenters. The Morgan fingerprint density at radius 1 is 1.26 bits per heavy atom. The molecule has 0 aromatic heterocycles. The zero-order chi connectivity index (χ0) is 13.5. The van der Waals surface area contributed by atoms with Gasteiger partial charge in [0.05, 0.1) is 0 Å². The summed E-state index contributed by atoms with van der Waals surface area (Å²) in [5.74, 6) is 0.962. The van der Waals surface area contributed by atoms with Gasteiger partial charge in [-0.25, -0.2) is 0 Å². The third-order valence-electron chi connectivity index (χ3n) is 6.45. The van der Waals surface area contributed by atoms with Gasteiger partial charge in [0, 0.05) is 6.04 Å². The van der Waals surface area contributed by atoms with Crippen molar-refractivity contribution in [2.45, 2.75) is 78.2 Å². The molecule has 3 aliphatic carbocycles. The summed E-state index contributed by atoms with van der Waals surface area (Å²) >= 11 is 0. The number of hydrogen-bond acceptors (Lipinski definition) is 1. The molecule has 19 heavy (non-hydrogen) atoms. The van der Waals surface area contributed by atoms with E-state index >= 15 is 0 Å². The second-order valence-corrected chi connectivity index (χ2v) is 8.16. The quantitative estimate of drug-likeness (QED) is 0.724. The van der Waals surface area contributed by atoms with E-state index in [0.717, 1.165) is 12.0 Å². The molecule has 1 heteroatoms.